The minimum Gasteiger partial charge on any atom is -0.481 e. The number of ether oxygens (including phenoxy) is 1. The number of aromatic amines is 1. The maximum atomic E-state index is 11.9. The molecule has 0 aliphatic carbocycles. The SMILES string of the molecule is Cc1nc(C2CCOC2)[nH]c(=O)c1CCC(=O)O. The summed E-state index contributed by atoms with van der Waals surface area (Å²) in [6.45, 7) is 3.01. The van der Waals surface area contributed by atoms with Crippen LogP contribution in [0.2, 0.25) is 0 Å². The Morgan fingerprint density at radius 2 is 2.39 bits per heavy atom. The molecule has 1 unspecified atom stereocenters. The quantitative estimate of drug-likeness (QED) is 0.818. The zero-order chi connectivity index (χ0) is 13.1. The number of nitrogens with one attached hydrogen (secondary N) is 1. The molecule has 1 aliphatic heterocycles. The molecule has 0 amide bonds. The van der Waals surface area contributed by atoms with Crippen molar-refractivity contribution in [2.24, 2.45) is 0 Å². The summed E-state index contributed by atoms with van der Waals surface area (Å²) in [6, 6.07) is 0. The summed E-state index contributed by atoms with van der Waals surface area (Å²) in [4.78, 5) is 29.5. The maximum absolute atomic E-state index is 11.9. The van der Waals surface area contributed by atoms with Gasteiger partial charge in [0.15, 0.2) is 0 Å². The number of hydrogen-bond donors (Lipinski definition) is 2. The van der Waals surface area contributed by atoms with Crippen LogP contribution in [0, 0.1) is 6.92 Å². The van der Waals surface area contributed by atoms with Crippen LogP contribution in [-0.2, 0) is 16.0 Å². The Hall–Kier alpha value is -1.69. The van der Waals surface area contributed by atoms with Gasteiger partial charge in [-0.05, 0) is 19.8 Å². The fourth-order valence-electron chi connectivity index (χ4n) is 2.10. The molecule has 0 aromatic carbocycles. The minimum atomic E-state index is -0.915. The highest BCUT2D eigenvalue weighted by molar-refractivity contribution is 5.67. The summed E-state index contributed by atoms with van der Waals surface area (Å²) in [7, 11) is 0. The first-order valence-corrected chi connectivity index (χ1v) is 5.97. The van der Waals surface area contributed by atoms with Gasteiger partial charge in [0.2, 0.25) is 0 Å². The Balaban J connectivity index is 2.23. The number of hydrogen-bond acceptors (Lipinski definition) is 4. The van der Waals surface area contributed by atoms with Crippen LogP contribution in [-0.4, -0.2) is 34.3 Å². The highest BCUT2D eigenvalue weighted by Gasteiger charge is 2.21. The van der Waals surface area contributed by atoms with E-state index in [4.69, 9.17) is 9.84 Å². The number of aliphatic carboxylic acids is 1. The lowest BCUT2D eigenvalue weighted by molar-refractivity contribution is -0.136. The zero-order valence-electron chi connectivity index (χ0n) is 10.2. The lowest BCUT2D eigenvalue weighted by atomic mass is 10.1. The summed E-state index contributed by atoms with van der Waals surface area (Å²) in [5.41, 5.74) is 0.840. The molecular formula is C12H16N2O4. The molecule has 1 atom stereocenters. The number of aromatic nitrogens is 2. The fourth-order valence-corrected chi connectivity index (χ4v) is 2.10. The summed E-state index contributed by atoms with van der Waals surface area (Å²) in [6.07, 6.45) is 1.01. The standard InChI is InChI=1S/C12H16N2O4/c1-7-9(2-3-10(15)16)12(17)14-11(13-7)8-4-5-18-6-8/h8H,2-6H2,1H3,(H,15,16)(H,13,14,17). The molecular weight excluding hydrogens is 236 g/mol. The molecule has 1 saturated heterocycles. The molecule has 18 heavy (non-hydrogen) atoms. The van der Waals surface area contributed by atoms with E-state index < -0.39 is 5.97 Å². The molecule has 0 bridgehead atoms. The number of carboxylic acids is 1. The molecule has 2 N–H and O–H groups in total. The maximum Gasteiger partial charge on any atom is 0.303 e. The molecule has 6 nitrogen and oxygen atoms in total. The normalized spacial score (nSPS) is 19.1. The van der Waals surface area contributed by atoms with Crippen molar-refractivity contribution in [3.05, 3.63) is 27.4 Å². The lowest BCUT2D eigenvalue weighted by Gasteiger charge is -2.10. The van der Waals surface area contributed by atoms with Gasteiger partial charge in [0.1, 0.15) is 5.82 Å². The summed E-state index contributed by atoms with van der Waals surface area (Å²) < 4.78 is 5.26. The number of nitrogens with zero attached hydrogens (tertiary/aromatic N) is 1. The van der Waals surface area contributed by atoms with E-state index in [9.17, 15) is 9.59 Å². The highest BCUT2D eigenvalue weighted by atomic mass is 16.5. The molecule has 1 aliphatic rings. The number of H-pyrrole nitrogens is 1. The zero-order valence-corrected chi connectivity index (χ0v) is 10.2. The largest absolute Gasteiger partial charge is 0.481 e. The van der Waals surface area contributed by atoms with Gasteiger partial charge in [-0.3, -0.25) is 9.59 Å². The van der Waals surface area contributed by atoms with Gasteiger partial charge >= 0.3 is 5.97 Å². The van der Waals surface area contributed by atoms with E-state index in [1.165, 1.54) is 0 Å². The Morgan fingerprint density at radius 3 is 2.94 bits per heavy atom. The van der Waals surface area contributed by atoms with Crippen LogP contribution < -0.4 is 5.56 Å². The fraction of sp³-hybridized carbons (Fsp3) is 0.583. The molecule has 1 aromatic rings. The molecule has 2 heterocycles. The van der Waals surface area contributed by atoms with Crippen LogP contribution in [0.25, 0.3) is 0 Å². The van der Waals surface area contributed by atoms with E-state index in [-0.39, 0.29) is 24.3 Å². The van der Waals surface area contributed by atoms with Crippen LogP contribution in [0.3, 0.4) is 0 Å². The lowest BCUT2D eigenvalue weighted by Crippen LogP contribution is -2.21. The monoisotopic (exact) mass is 252 g/mol. The molecule has 2 rings (SSSR count). The highest BCUT2D eigenvalue weighted by Crippen LogP contribution is 2.21. The summed E-state index contributed by atoms with van der Waals surface area (Å²) in [5, 5.41) is 8.63. The summed E-state index contributed by atoms with van der Waals surface area (Å²) in [5.74, 6) is -0.124. The number of carbonyl (C=O) groups is 1. The Labute approximate surface area is 104 Å². The van der Waals surface area contributed by atoms with E-state index in [2.05, 4.69) is 9.97 Å². The van der Waals surface area contributed by atoms with Crippen molar-refractivity contribution in [1.29, 1.82) is 0 Å². The van der Waals surface area contributed by atoms with E-state index in [1.54, 1.807) is 6.92 Å². The van der Waals surface area contributed by atoms with Crippen LogP contribution in [0.1, 0.15) is 35.8 Å². The van der Waals surface area contributed by atoms with Crippen molar-refractivity contribution in [3.63, 3.8) is 0 Å². The topological polar surface area (TPSA) is 92.3 Å². The van der Waals surface area contributed by atoms with Crippen molar-refractivity contribution >= 4 is 5.97 Å². The first-order valence-electron chi connectivity index (χ1n) is 5.97. The van der Waals surface area contributed by atoms with E-state index >= 15 is 0 Å². The van der Waals surface area contributed by atoms with Crippen molar-refractivity contribution in [1.82, 2.24) is 9.97 Å². The number of carboxylic acid groups (broad SMARTS) is 1. The third kappa shape index (κ3) is 2.76. The van der Waals surface area contributed by atoms with Gasteiger partial charge in [-0.25, -0.2) is 4.98 Å². The third-order valence-electron chi connectivity index (χ3n) is 3.15. The van der Waals surface area contributed by atoms with E-state index in [0.717, 1.165) is 6.42 Å². The Kier molecular flexibility index (Phi) is 3.76. The van der Waals surface area contributed by atoms with Gasteiger partial charge in [0, 0.05) is 30.2 Å². The van der Waals surface area contributed by atoms with Gasteiger partial charge in [-0.15, -0.1) is 0 Å². The molecule has 6 heteroatoms. The Bertz CT molecular complexity index is 503. The second-order valence-corrected chi connectivity index (χ2v) is 4.47. The average Bonchev–Trinajstić information content (AvgIpc) is 2.80. The van der Waals surface area contributed by atoms with Gasteiger partial charge in [-0.1, -0.05) is 0 Å². The van der Waals surface area contributed by atoms with Crippen LogP contribution in [0.5, 0.6) is 0 Å². The van der Waals surface area contributed by atoms with E-state index in [1.807, 2.05) is 0 Å². The van der Waals surface area contributed by atoms with Gasteiger partial charge in [-0.2, -0.15) is 0 Å². The molecule has 0 saturated carbocycles. The predicted molar refractivity (Wildman–Crippen MR) is 63.7 cm³/mol. The first-order chi connectivity index (χ1) is 8.58. The van der Waals surface area contributed by atoms with Crippen molar-refractivity contribution in [2.75, 3.05) is 13.2 Å². The minimum absolute atomic E-state index is 0.0580. The van der Waals surface area contributed by atoms with Gasteiger partial charge < -0.3 is 14.8 Å². The van der Waals surface area contributed by atoms with Crippen molar-refractivity contribution in [2.45, 2.75) is 32.1 Å². The second-order valence-electron chi connectivity index (χ2n) is 4.47. The smallest absolute Gasteiger partial charge is 0.303 e. The number of rotatable bonds is 4. The average molecular weight is 252 g/mol. The van der Waals surface area contributed by atoms with Crippen LogP contribution >= 0.6 is 0 Å². The third-order valence-corrected chi connectivity index (χ3v) is 3.15. The molecule has 1 fully saturated rings. The van der Waals surface area contributed by atoms with Crippen molar-refractivity contribution in [3.8, 4) is 0 Å². The van der Waals surface area contributed by atoms with Crippen LogP contribution in [0.4, 0.5) is 0 Å². The molecule has 0 radical (unpaired) electrons. The Morgan fingerprint density at radius 1 is 1.61 bits per heavy atom. The number of aryl methyl sites for hydroxylation is 1. The molecule has 0 spiro atoms. The van der Waals surface area contributed by atoms with Crippen LogP contribution in [0.15, 0.2) is 4.79 Å². The van der Waals surface area contributed by atoms with Gasteiger partial charge in [0.25, 0.3) is 5.56 Å². The first kappa shape index (κ1) is 12.8. The second kappa shape index (κ2) is 5.30. The molecule has 98 valence electrons. The molecule has 1 aromatic heterocycles. The predicted octanol–water partition coefficient (Wildman–Crippen LogP) is 0.599. The van der Waals surface area contributed by atoms with E-state index in [0.29, 0.717) is 30.3 Å². The summed E-state index contributed by atoms with van der Waals surface area (Å²) >= 11 is 0. The van der Waals surface area contributed by atoms with Gasteiger partial charge in [0.05, 0.1) is 6.61 Å². The van der Waals surface area contributed by atoms with Crippen molar-refractivity contribution < 1.29 is 14.6 Å².